The van der Waals surface area contributed by atoms with Crippen molar-refractivity contribution < 1.29 is 4.74 Å². The fraction of sp³-hybridized carbons (Fsp3) is 0.706. The lowest BCUT2D eigenvalue weighted by molar-refractivity contribution is 0.0439. The average Bonchev–Trinajstić information content (AvgIpc) is 2.52. The molecule has 1 aromatic heterocycles. The average molecular weight is 311 g/mol. The largest absolute Gasteiger partial charge is 0.376 e. The Morgan fingerprint density at radius 2 is 2.24 bits per heavy atom. The summed E-state index contributed by atoms with van der Waals surface area (Å²) in [5.74, 6) is 2.02. The number of nitrogens with zero attached hydrogens (tertiary/aromatic N) is 2. The predicted octanol–water partition coefficient (Wildman–Crippen LogP) is 4.34. The molecule has 1 unspecified atom stereocenters. The second kappa shape index (κ2) is 8.00. The van der Waals surface area contributed by atoms with Crippen molar-refractivity contribution in [1.29, 1.82) is 0 Å². The summed E-state index contributed by atoms with van der Waals surface area (Å²) < 4.78 is 5.92. The Bertz CT molecular complexity index is 450. The van der Waals surface area contributed by atoms with Gasteiger partial charge in [-0.3, -0.25) is 0 Å². The van der Waals surface area contributed by atoms with E-state index >= 15 is 0 Å². The molecule has 118 valence electrons. The van der Waals surface area contributed by atoms with Crippen LogP contribution >= 0.6 is 11.6 Å². The van der Waals surface area contributed by atoms with E-state index in [2.05, 4.69) is 37.8 Å². The molecule has 0 amide bonds. The zero-order valence-corrected chi connectivity index (χ0v) is 14.2. The molecule has 1 aliphatic rings. The van der Waals surface area contributed by atoms with Crippen LogP contribution in [0.25, 0.3) is 0 Å². The summed E-state index contributed by atoms with van der Waals surface area (Å²) in [6, 6.07) is 4.25. The fourth-order valence-corrected chi connectivity index (χ4v) is 2.85. The zero-order chi connectivity index (χ0) is 15.2. The Morgan fingerprint density at radius 3 is 2.90 bits per heavy atom. The van der Waals surface area contributed by atoms with Crippen molar-refractivity contribution in [3.8, 4) is 0 Å². The number of anilines is 1. The molecule has 0 spiro atoms. The zero-order valence-electron chi connectivity index (χ0n) is 13.4. The maximum absolute atomic E-state index is 6.04. The fourth-order valence-electron chi connectivity index (χ4n) is 2.70. The van der Waals surface area contributed by atoms with Crippen molar-refractivity contribution in [3.05, 3.63) is 23.4 Å². The van der Waals surface area contributed by atoms with Gasteiger partial charge in [0.25, 0.3) is 0 Å². The first-order valence-corrected chi connectivity index (χ1v) is 8.60. The molecule has 2 rings (SSSR count). The van der Waals surface area contributed by atoms with E-state index in [1.165, 1.54) is 0 Å². The molecule has 0 N–H and O–H groups in total. The topological polar surface area (TPSA) is 25.4 Å². The van der Waals surface area contributed by atoms with Gasteiger partial charge in [-0.1, -0.05) is 20.8 Å². The SMILES string of the molecule is CCCOC1CCCN(c2cc(CCl)cc(C(C)C)n2)C1. The molecule has 0 saturated carbocycles. The Labute approximate surface area is 133 Å². The highest BCUT2D eigenvalue weighted by Crippen LogP contribution is 2.24. The van der Waals surface area contributed by atoms with Gasteiger partial charge >= 0.3 is 0 Å². The van der Waals surface area contributed by atoms with Gasteiger partial charge in [0.15, 0.2) is 0 Å². The molecule has 1 fully saturated rings. The van der Waals surface area contributed by atoms with Crippen LogP contribution in [-0.4, -0.2) is 30.8 Å². The number of aromatic nitrogens is 1. The first-order chi connectivity index (χ1) is 10.1. The maximum atomic E-state index is 6.04. The Kier molecular flexibility index (Phi) is 6.31. The molecule has 0 aliphatic carbocycles. The molecule has 0 radical (unpaired) electrons. The molecule has 1 aromatic rings. The van der Waals surface area contributed by atoms with Crippen LogP contribution in [0.4, 0.5) is 5.82 Å². The molecule has 21 heavy (non-hydrogen) atoms. The van der Waals surface area contributed by atoms with Crippen LogP contribution < -0.4 is 4.90 Å². The highest BCUT2D eigenvalue weighted by atomic mass is 35.5. The Morgan fingerprint density at radius 1 is 1.43 bits per heavy atom. The molecule has 0 aromatic carbocycles. The molecular weight excluding hydrogens is 284 g/mol. The summed E-state index contributed by atoms with van der Waals surface area (Å²) in [5.41, 5.74) is 2.28. The normalized spacial score (nSPS) is 19.3. The first kappa shape index (κ1) is 16.6. The van der Waals surface area contributed by atoms with Crippen molar-refractivity contribution in [2.75, 3.05) is 24.6 Å². The second-order valence-corrected chi connectivity index (χ2v) is 6.40. The van der Waals surface area contributed by atoms with Gasteiger partial charge in [0, 0.05) is 31.3 Å². The van der Waals surface area contributed by atoms with E-state index in [9.17, 15) is 0 Å². The molecule has 1 aliphatic heterocycles. The molecule has 1 atom stereocenters. The molecule has 4 heteroatoms. The van der Waals surface area contributed by atoms with Gasteiger partial charge in [-0.25, -0.2) is 4.98 Å². The molecule has 0 bridgehead atoms. The minimum absolute atomic E-state index is 0.336. The summed E-state index contributed by atoms with van der Waals surface area (Å²) in [5, 5.41) is 0. The summed E-state index contributed by atoms with van der Waals surface area (Å²) in [6.45, 7) is 9.35. The predicted molar refractivity (Wildman–Crippen MR) is 89.4 cm³/mol. The van der Waals surface area contributed by atoms with E-state index < -0.39 is 0 Å². The van der Waals surface area contributed by atoms with Crippen LogP contribution in [0.3, 0.4) is 0 Å². The van der Waals surface area contributed by atoms with Crippen molar-refractivity contribution in [2.24, 2.45) is 0 Å². The number of pyridine rings is 1. The summed E-state index contributed by atoms with van der Waals surface area (Å²) in [6.07, 6.45) is 3.73. The van der Waals surface area contributed by atoms with E-state index in [4.69, 9.17) is 21.3 Å². The third-order valence-corrected chi connectivity index (χ3v) is 4.21. The number of rotatable bonds is 6. The maximum Gasteiger partial charge on any atom is 0.129 e. The second-order valence-electron chi connectivity index (χ2n) is 6.13. The van der Waals surface area contributed by atoms with Crippen LogP contribution in [0.1, 0.15) is 57.2 Å². The van der Waals surface area contributed by atoms with Crippen LogP contribution in [-0.2, 0) is 10.6 Å². The van der Waals surface area contributed by atoms with E-state index in [-0.39, 0.29) is 0 Å². The standard InChI is InChI=1S/C17H27ClN2O/c1-4-8-21-15-6-5-7-20(12-15)17-10-14(11-18)9-16(19-17)13(2)3/h9-10,13,15H,4-8,11-12H2,1-3H3. The van der Waals surface area contributed by atoms with Crippen LogP contribution in [0.2, 0.25) is 0 Å². The molecule has 3 nitrogen and oxygen atoms in total. The van der Waals surface area contributed by atoms with E-state index in [0.717, 1.165) is 56.0 Å². The van der Waals surface area contributed by atoms with Gasteiger partial charge in [0.1, 0.15) is 5.82 Å². The van der Waals surface area contributed by atoms with Gasteiger partial charge < -0.3 is 9.64 Å². The number of alkyl halides is 1. The van der Waals surface area contributed by atoms with Crippen molar-refractivity contribution in [2.45, 2.75) is 57.9 Å². The third-order valence-electron chi connectivity index (χ3n) is 3.90. The summed E-state index contributed by atoms with van der Waals surface area (Å²) in [4.78, 5) is 7.18. The number of hydrogen-bond donors (Lipinski definition) is 0. The van der Waals surface area contributed by atoms with Gasteiger partial charge in [0.05, 0.1) is 6.10 Å². The lowest BCUT2D eigenvalue weighted by Crippen LogP contribution is -2.40. The summed E-state index contributed by atoms with van der Waals surface area (Å²) >= 11 is 6.04. The minimum Gasteiger partial charge on any atom is -0.376 e. The van der Waals surface area contributed by atoms with Gasteiger partial charge in [-0.15, -0.1) is 11.6 Å². The number of ether oxygens (including phenoxy) is 1. The minimum atomic E-state index is 0.336. The van der Waals surface area contributed by atoms with E-state index in [1.54, 1.807) is 0 Å². The smallest absolute Gasteiger partial charge is 0.129 e. The van der Waals surface area contributed by atoms with Crippen LogP contribution in [0.15, 0.2) is 12.1 Å². The highest BCUT2D eigenvalue weighted by molar-refractivity contribution is 6.17. The quantitative estimate of drug-likeness (QED) is 0.731. The monoisotopic (exact) mass is 310 g/mol. The molecule has 2 heterocycles. The number of piperidine rings is 1. The molecule has 1 saturated heterocycles. The van der Waals surface area contributed by atoms with Crippen LogP contribution in [0, 0.1) is 0 Å². The Balaban J connectivity index is 2.14. The number of hydrogen-bond acceptors (Lipinski definition) is 3. The van der Waals surface area contributed by atoms with Crippen molar-refractivity contribution >= 4 is 17.4 Å². The van der Waals surface area contributed by atoms with Crippen molar-refractivity contribution in [3.63, 3.8) is 0 Å². The molecular formula is C17H27ClN2O. The first-order valence-electron chi connectivity index (χ1n) is 8.07. The van der Waals surface area contributed by atoms with Crippen LogP contribution in [0.5, 0.6) is 0 Å². The number of halogens is 1. The lowest BCUT2D eigenvalue weighted by atomic mass is 10.1. The Hall–Kier alpha value is -0.800. The summed E-state index contributed by atoms with van der Waals surface area (Å²) in [7, 11) is 0. The van der Waals surface area contributed by atoms with E-state index in [0.29, 0.717) is 17.9 Å². The lowest BCUT2D eigenvalue weighted by Gasteiger charge is -2.34. The highest BCUT2D eigenvalue weighted by Gasteiger charge is 2.22. The van der Waals surface area contributed by atoms with E-state index in [1.807, 2.05) is 0 Å². The van der Waals surface area contributed by atoms with Gasteiger partial charge in [-0.05, 0) is 42.9 Å². The third kappa shape index (κ3) is 4.58. The van der Waals surface area contributed by atoms with Crippen molar-refractivity contribution in [1.82, 2.24) is 4.98 Å². The van der Waals surface area contributed by atoms with Gasteiger partial charge in [-0.2, -0.15) is 0 Å². The van der Waals surface area contributed by atoms with Gasteiger partial charge in [0.2, 0.25) is 0 Å².